The lowest BCUT2D eigenvalue weighted by Crippen LogP contribution is -2.25. The van der Waals surface area contributed by atoms with Crippen LogP contribution in [0.25, 0.3) is 22.5 Å². The van der Waals surface area contributed by atoms with Gasteiger partial charge in [0, 0.05) is 14.9 Å². The van der Waals surface area contributed by atoms with Crippen molar-refractivity contribution in [2.75, 3.05) is 0 Å². The first-order valence-electron chi connectivity index (χ1n) is 9.40. The van der Waals surface area contributed by atoms with Crippen molar-refractivity contribution in [2.45, 2.75) is 10.1 Å². The second-order valence-electron chi connectivity index (χ2n) is 6.75. The minimum absolute atomic E-state index is 0.00603. The highest BCUT2D eigenvalue weighted by Crippen LogP contribution is 2.23. The van der Waals surface area contributed by atoms with Crippen molar-refractivity contribution >= 4 is 45.2 Å². The van der Waals surface area contributed by atoms with Gasteiger partial charge in [0.2, 0.25) is 5.16 Å². The molecule has 32 heavy (non-hydrogen) atoms. The molecule has 158 valence electrons. The molecule has 0 saturated carbocycles. The van der Waals surface area contributed by atoms with Crippen LogP contribution in [0.1, 0.15) is 0 Å². The Morgan fingerprint density at radius 3 is 2.22 bits per heavy atom. The molecule has 0 aliphatic heterocycles. The van der Waals surface area contributed by atoms with Gasteiger partial charge in [0.25, 0.3) is 5.56 Å². The van der Waals surface area contributed by atoms with E-state index < -0.39 is 16.4 Å². The molecular formula is C22H13Cl2N5O2S. The number of hydrogen-bond acceptors (Lipinski definition) is 5. The summed E-state index contributed by atoms with van der Waals surface area (Å²) in [6.07, 6.45) is 0. The van der Waals surface area contributed by atoms with E-state index in [1.54, 1.807) is 48.5 Å². The number of para-hydroxylation sites is 1. The van der Waals surface area contributed by atoms with Crippen molar-refractivity contribution in [1.29, 1.82) is 0 Å². The van der Waals surface area contributed by atoms with E-state index in [9.17, 15) is 9.00 Å². The largest absolute Gasteiger partial charge is 0.289 e. The molecule has 0 radical (unpaired) electrons. The molecule has 0 saturated heterocycles. The molecule has 2 heterocycles. The number of aromatic nitrogens is 5. The third-order valence-electron chi connectivity index (χ3n) is 4.69. The van der Waals surface area contributed by atoms with Crippen molar-refractivity contribution in [1.82, 2.24) is 24.5 Å². The highest BCUT2D eigenvalue weighted by Gasteiger charge is 2.23. The fourth-order valence-electron chi connectivity index (χ4n) is 3.25. The van der Waals surface area contributed by atoms with Gasteiger partial charge in [-0.1, -0.05) is 58.7 Å². The molecule has 1 atom stereocenters. The lowest BCUT2D eigenvalue weighted by molar-refractivity contribution is 0.666. The van der Waals surface area contributed by atoms with E-state index in [1.807, 2.05) is 30.3 Å². The van der Waals surface area contributed by atoms with Gasteiger partial charge in [-0.15, -0.1) is 5.10 Å². The van der Waals surface area contributed by atoms with Crippen LogP contribution >= 0.6 is 23.2 Å². The van der Waals surface area contributed by atoms with E-state index in [0.29, 0.717) is 26.3 Å². The average molecular weight is 482 g/mol. The molecule has 7 nitrogen and oxygen atoms in total. The zero-order chi connectivity index (χ0) is 22.2. The molecule has 0 N–H and O–H groups in total. The number of rotatable bonds is 4. The molecule has 5 rings (SSSR count). The Bertz CT molecular complexity index is 1550. The molecule has 0 fully saturated rings. The number of halogens is 2. The summed E-state index contributed by atoms with van der Waals surface area (Å²) in [5.41, 5.74) is 0.814. The quantitative estimate of drug-likeness (QED) is 0.354. The van der Waals surface area contributed by atoms with Gasteiger partial charge in [0.05, 0.1) is 11.4 Å². The molecule has 0 aliphatic carbocycles. The van der Waals surface area contributed by atoms with Crippen LogP contribution in [-0.4, -0.2) is 28.8 Å². The van der Waals surface area contributed by atoms with Gasteiger partial charge in [0.1, 0.15) is 10.8 Å². The zero-order valence-electron chi connectivity index (χ0n) is 16.2. The zero-order valence-corrected chi connectivity index (χ0v) is 18.6. The lowest BCUT2D eigenvalue weighted by atomic mass is 10.3. The van der Waals surface area contributed by atoms with Gasteiger partial charge in [0.15, 0.2) is 11.2 Å². The SMILES string of the molecule is O=c1c2nnn(-c3ccccc3)c2nc(S(=O)c2cccc(Cl)c2)n1-c1cccc(Cl)c1. The molecule has 3 aromatic carbocycles. The Balaban J connectivity index is 1.83. The average Bonchev–Trinajstić information content (AvgIpc) is 3.23. The standard InChI is InChI=1S/C22H13Cl2N5O2S/c23-14-6-4-10-17(12-14)28-21(30)19-20(29(27-26-19)16-8-2-1-3-9-16)25-22(28)32(31)18-11-5-7-15(24)13-18/h1-13H. The highest BCUT2D eigenvalue weighted by molar-refractivity contribution is 7.85. The van der Waals surface area contributed by atoms with Crippen molar-refractivity contribution in [3.63, 3.8) is 0 Å². The maximum Gasteiger partial charge on any atom is 0.289 e. The maximum atomic E-state index is 13.6. The highest BCUT2D eigenvalue weighted by atomic mass is 35.5. The van der Waals surface area contributed by atoms with Gasteiger partial charge in [-0.3, -0.25) is 9.36 Å². The van der Waals surface area contributed by atoms with Crippen LogP contribution < -0.4 is 5.56 Å². The Morgan fingerprint density at radius 2 is 1.50 bits per heavy atom. The summed E-state index contributed by atoms with van der Waals surface area (Å²) < 4.78 is 16.3. The fourth-order valence-corrected chi connectivity index (χ4v) is 4.86. The normalized spacial score (nSPS) is 12.2. The Hall–Kier alpha value is -3.33. The van der Waals surface area contributed by atoms with Crippen molar-refractivity contribution in [2.24, 2.45) is 0 Å². The summed E-state index contributed by atoms with van der Waals surface area (Å²) in [4.78, 5) is 18.5. The Kier molecular flexibility index (Phi) is 5.34. The second-order valence-corrected chi connectivity index (χ2v) is 9.00. The second kappa shape index (κ2) is 8.31. The number of fused-ring (bicyclic) bond motifs is 1. The molecule has 2 aromatic heterocycles. The predicted octanol–water partition coefficient (Wildman–Crippen LogP) is 4.44. The van der Waals surface area contributed by atoms with Crippen LogP contribution in [-0.2, 0) is 10.8 Å². The monoisotopic (exact) mass is 481 g/mol. The summed E-state index contributed by atoms with van der Waals surface area (Å²) in [5, 5.41) is 9.01. The van der Waals surface area contributed by atoms with E-state index in [1.165, 1.54) is 9.25 Å². The van der Waals surface area contributed by atoms with Gasteiger partial charge >= 0.3 is 0 Å². The molecule has 0 spiro atoms. The van der Waals surface area contributed by atoms with Crippen LogP contribution in [0.5, 0.6) is 0 Å². The summed E-state index contributed by atoms with van der Waals surface area (Å²) in [5.74, 6) is 0. The van der Waals surface area contributed by atoms with Gasteiger partial charge in [-0.05, 0) is 48.5 Å². The first-order chi connectivity index (χ1) is 15.5. The van der Waals surface area contributed by atoms with Crippen molar-refractivity contribution in [3.8, 4) is 11.4 Å². The first-order valence-corrected chi connectivity index (χ1v) is 11.3. The van der Waals surface area contributed by atoms with Gasteiger partial charge in [-0.25, -0.2) is 4.21 Å². The van der Waals surface area contributed by atoms with Crippen LogP contribution in [0.2, 0.25) is 10.0 Å². The molecule has 0 amide bonds. The minimum Gasteiger partial charge on any atom is -0.266 e. The Labute approximate surface area is 194 Å². The summed E-state index contributed by atoms with van der Waals surface area (Å²) >= 11 is 12.3. The molecule has 5 aromatic rings. The summed E-state index contributed by atoms with van der Waals surface area (Å²) in [7, 11) is -1.84. The van der Waals surface area contributed by atoms with Gasteiger partial charge < -0.3 is 0 Å². The molecular weight excluding hydrogens is 469 g/mol. The number of hydrogen-bond donors (Lipinski definition) is 0. The third-order valence-corrected chi connectivity index (χ3v) is 6.45. The predicted molar refractivity (Wildman–Crippen MR) is 123 cm³/mol. The Morgan fingerprint density at radius 1 is 0.812 bits per heavy atom. The number of nitrogens with zero attached hydrogens (tertiary/aromatic N) is 5. The van der Waals surface area contributed by atoms with Crippen LogP contribution in [0, 0.1) is 0 Å². The fraction of sp³-hybridized carbons (Fsp3) is 0. The molecule has 0 bridgehead atoms. The number of benzene rings is 3. The minimum atomic E-state index is -1.84. The smallest absolute Gasteiger partial charge is 0.266 e. The lowest BCUT2D eigenvalue weighted by Gasteiger charge is -2.12. The van der Waals surface area contributed by atoms with Crippen LogP contribution in [0.15, 0.2) is 93.7 Å². The van der Waals surface area contributed by atoms with Crippen molar-refractivity contribution in [3.05, 3.63) is 99.3 Å². The van der Waals surface area contributed by atoms with E-state index in [4.69, 9.17) is 23.2 Å². The molecule has 0 aliphatic rings. The van der Waals surface area contributed by atoms with Crippen molar-refractivity contribution < 1.29 is 4.21 Å². The third kappa shape index (κ3) is 3.62. The first kappa shape index (κ1) is 20.6. The topological polar surface area (TPSA) is 82.7 Å². The maximum absolute atomic E-state index is 13.6. The van der Waals surface area contributed by atoms with Crippen LogP contribution in [0.4, 0.5) is 0 Å². The molecule has 10 heteroatoms. The molecule has 1 unspecified atom stereocenters. The van der Waals surface area contributed by atoms with Gasteiger partial charge in [-0.2, -0.15) is 9.67 Å². The van der Waals surface area contributed by atoms with E-state index in [0.717, 1.165) is 0 Å². The van der Waals surface area contributed by atoms with E-state index in [-0.39, 0.29) is 16.3 Å². The summed E-state index contributed by atoms with van der Waals surface area (Å²) in [6.45, 7) is 0. The van der Waals surface area contributed by atoms with Crippen LogP contribution in [0.3, 0.4) is 0 Å². The van der Waals surface area contributed by atoms with E-state index in [2.05, 4.69) is 15.3 Å². The van der Waals surface area contributed by atoms with E-state index >= 15 is 0 Å². The summed E-state index contributed by atoms with van der Waals surface area (Å²) in [6, 6.07) is 22.4.